The lowest BCUT2D eigenvalue weighted by Gasteiger charge is -2.25. The van der Waals surface area contributed by atoms with Crippen LogP contribution in [0.15, 0.2) is 22.9 Å². The Morgan fingerprint density at radius 3 is 2.71 bits per heavy atom. The van der Waals surface area contributed by atoms with E-state index in [0.717, 1.165) is 17.6 Å². The predicted octanol–water partition coefficient (Wildman–Crippen LogP) is 3.33. The minimum atomic E-state index is 0.676. The molecule has 0 atom stereocenters. The zero-order valence-corrected chi connectivity index (χ0v) is 10.6. The second-order valence-electron chi connectivity index (χ2n) is 3.76. The molecule has 0 amide bonds. The van der Waals surface area contributed by atoms with Crippen molar-refractivity contribution in [2.45, 2.75) is 20.8 Å². The van der Waals surface area contributed by atoms with E-state index in [9.17, 15) is 0 Å². The van der Waals surface area contributed by atoms with Gasteiger partial charge in [0, 0.05) is 25.5 Å². The average Bonchev–Trinajstić information content (AvgIpc) is 2.15. The molecule has 1 aromatic rings. The van der Waals surface area contributed by atoms with Crippen molar-refractivity contribution < 1.29 is 0 Å². The van der Waals surface area contributed by atoms with Gasteiger partial charge in [-0.3, -0.25) is 4.98 Å². The van der Waals surface area contributed by atoms with Gasteiger partial charge in [0.05, 0.1) is 10.2 Å². The molecule has 0 aromatic carbocycles. The fraction of sp³-hybridized carbons (Fsp3) is 0.545. The highest BCUT2D eigenvalue weighted by atomic mass is 79.9. The molecule has 78 valence electrons. The van der Waals surface area contributed by atoms with E-state index in [2.05, 4.69) is 52.7 Å². The van der Waals surface area contributed by atoms with E-state index < -0.39 is 0 Å². The van der Waals surface area contributed by atoms with Gasteiger partial charge in [0.1, 0.15) is 0 Å². The molecule has 0 radical (unpaired) electrons. The largest absolute Gasteiger partial charge is 0.371 e. The minimum absolute atomic E-state index is 0.676. The quantitative estimate of drug-likeness (QED) is 0.822. The van der Waals surface area contributed by atoms with Gasteiger partial charge in [0.25, 0.3) is 0 Å². The van der Waals surface area contributed by atoms with Gasteiger partial charge < -0.3 is 4.90 Å². The molecule has 1 heterocycles. The highest BCUT2D eigenvalue weighted by molar-refractivity contribution is 9.10. The van der Waals surface area contributed by atoms with Crippen LogP contribution in [0.2, 0.25) is 0 Å². The Labute approximate surface area is 94.5 Å². The maximum absolute atomic E-state index is 4.07. The fourth-order valence-corrected chi connectivity index (χ4v) is 1.96. The summed E-state index contributed by atoms with van der Waals surface area (Å²) in [6.45, 7) is 8.75. The van der Waals surface area contributed by atoms with Gasteiger partial charge in [-0.05, 0) is 34.8 Å². The monoisotopic (exact) mass is 256 g/mol. The maximum Gasteiger partial charge on any atom is 0.0592 e. The van der Waals surface area contributed by atoms with E-state index in [4.69, 9.17) is 0 Å². The Morgan fingerprint density at radius 1 is 1.50 bits per heavy atom. The van der Waals surface area contributed by atoms with Crippen LogP contribution in [0.4, 0.5) is 5.69 Å². The van der Waals surface area contributed by atoms with Crippen LogP contribution in [0, 0.1) is 5.92 Å². The van der Waals surface area contributed by atoms with Crippen molar-refractivity contribution in [2.75, 3.05) is 18.0 Å². The van der Waals surface area contributed by atoms with Crippen molar-refractivity contribution >= 4 is 21.6 Å². The highest BCUT2D eigenvalue weighted by Gasteiger charge is 2.09. The standard InChI is InChI=1S/C11H17BrN2/c1-4-14(8-9(2)3)11-5-6-13-7-10(11)12/h5-7,9H,4,8H2,1-3H3. The Hall–Kier alpha value is -0.570. The molecular formula is C11H17BrN2. The van der Waals surface area contributed by atoms with E-state index in [-0.39, 0.29) is 0 Å². The van der Waals surface area contributed by atoms with E-state index in [1.165, 1.54) is 5.69 Å². The smallest absolute Gasteiger partial charge is 0.0592 e. The second-order valence-corrected chi connectivity index (χ2v) is 4.61. The van der Waals surface area contributed by atoms with Crippen molar-refractivity contribution in [1.29, 1.82) is 0 Å². The Balaban J connectivity index is 2.83. The maximum atomic E-state index is 4.07. The van der Waals surface area contributed by atoms with Crippen LogP contribution in [-0.4, -0.2) is 18.1 Å². The summed E-state index contributed by atoms with van der Waals surface area (Å²) < 4.78 is 1.07. The summed E-state index contributed by atoms with van der Waals surface area (Å²) in [6, 6.07) is 2.05. The molecule has 0 aliphatic heterocycles. The number of pyridine rings is 1. The Bertz CT molecular complexity index is 286. The number of nitrogens with zero attached hydrogens (tertiary/aromatic N) is 2. The number of anilines is 1. The number of hydrogen-bond acceptors (Lipinski definition) is 2. The molecule has 0 spiro atoms. The van der Waals surface area contributed by atoms with Gasteiger partial charge >= 0.3 is 0 Å². The summed E-state index contributed by atoms with van der Waals surface area (Å²) in [6.07, 6.45) is 3.68. The molecule has 1 aromatic heterocycles. The summed E-state index contributed by atoms with van der Waals surface area (Å²) in [4.78, 5) is 6.42. The Morgan fingerprint density at radius 2 is 2.21 bits per heavy atom. The van der Waals surface area contributed by atoms with Gasteiger partial charge in [-0.25, -0.2) is 0 Å². The first-order valence-electron chi connectivity index (χ1n) is 4.99. The lowest BCUT2D eigenvalue weighted by molar-refractivity contribution is 0.618. The van der Waals surface area contributed by atoms with E-state index in [1.54, 1.807) is 0 Å². The summed E-state index contributed by atoms with van der Waals surface area (Å²) in [5, 5.41) is 0. The molecule has 0 unspecified atom stereocenters. The summed E-state index contributed by atoms with van der Waals surface area (Å²) in [5.41, 5.74) is 1.23. The zero-order chi connectivity index (χ0) is 10.6. The molecular weight excluding hydrogens is 240 g/mol. The first-order chi connectivity index (χ1) is 6.65. The topological polar surface area (TPSA) is 16.1 Å². The minimum Gasteiger partial charge on any atom is -0.371 e. The van der Waals surface area contributed by atoms with Gasteiger partial charge in [-0.2, -0.15) is 0 Å². The lowest BCUT2D eigenvalue weighted by Crippen LogP contribution is -2.27. The normalized spacial score (nSPS) is 10.6. The molecule has 0 aliphatic rings. The number of aromatic nitrogens is 1. The molecule has 0 saturated carbocycles. The highest BCUT2D eigenvalue weighted by Crippen LogP contribution is 2.25. The van der Waals surface area contributed by atoms with Gasteiger partial charge in [0.2, 0.25) is 0 Å². The summed E-state index contributed by atoms with van der Waals surface area (Å²) in [5.74, 6) is 0.676. The number of hydrogen-bond donors (Lipinski definition) is 0. The van der Waals surface area contributed by atoms with E-state index in [1.807, 2.05) is 12.4 Å². The van der Waals surface area contributed by atoms with Crippen LogP contribution >= 0.6 is 15.9 Å². The van der Waals surface area contributed by atoms with Crippen molar-refractivity contribution in [1.82, 2.24) is 4.98 Å². The molecule has 0 fully saturated rings. The van der Waals surface area contributed by atoms with Crippen LogP contribution in [0.1, 0.15) is 20.8 Å². The fourth-order valence-electron chi connectivity index (χ4n) is 1.46. The van der Waals surface area contributed by atoms with Crippen LogP contribution in [0.3, 0.4) is 0 Å². The van der Waals surface area contributed by atoms with Crippen molar-refractivity contribution in [2.24, 2.45) is 5.92 Å². The third-order valence-corrected chi connectivity index (χ3v) is 2.67. The van der Waals surface area contributed by atoms with Gasteiger partial charge in [-0.1, -0.05) is 13.8 Å². The second kappa shape index (κ2) is 5.35. The molecule has 3 heteroatoms. The van der Waals surface area contributed by atoms with Crippen LogP contribution in [0.5, 0.6) is 0 Å². The van der Waals surface area contributed by atoms with Crippen molar-refractivity contribution in [3.8, 4) is 0 Å². The van der Waals surface area contributed by atoms with Crippen LogP contribution in [0.25, 0.3) is 0 Å². The van der Waals surface area contributed by atoms with E-state index in [0.29, 0.717) is 5.92 Å². The molecule has 0 N–H and O–H groups in total. The lowest BCUT2D eigenvalue weighted by atomic mass is 10.2. The third-order valence-electron chi connectivity index (χ3n) is 2.06. The molecule has 0 bridgehead atoms. The Kier molecular flexibility index (Phi) is 4.39. The van der Waals surface area contributed by atoms with Gasteiger partial charge in [-0.15, -0.1) is 0 Å². The number of rotatable bonds is 4. The molecule has 1 rings (SSSR count). The first-order valence-corrected chi connectivity index (χ1v) is 5.79. The molecule has 2 nitrogen and oxygen atoms in total. The average molecular weight is 257 g/mol. The molecule has 0 aliphatic carbocycles. The van der Waals surface area contributed by atoms with Crippen LogP contribution < -0.4 is 4.90 Å². The predicted molar refractivity (Wildman–Crippen MR) is 64.7 cm³/mol. The molecule has 0 saturated heterocycles. The zero-order valence-electron chi connectivity index (χ0n) is 9.00. The van der Waals surface area contributed by atoms with Gasteiger partial charge in [0.15, 0.2) is 0 Å². The van der Waals surface area contributed by atoms with Crippen molar-refractivity contribution in [3.63, 3.8) is 0 Å². The first kappa shape index (κ1) is 11.5. The van der Waals surface area contributed by atoms with Crippen LogP contribution in [-0.2, 0) is 0 Å². The molecule has 14 heavy (non-hydrogen) atoms. The summed E-state index contributed by atoms with van der Waals surface area (Å²) in [7, 11) is 0. The third kappa shape index (κ3) is 2.98. The number of halogens is 1. The van der Waals surface area contributed by atoms with E-state index >= 15 is 0 Å². The SMILES string of the molecule is CCN(CC(C)C)c1ccncc1Br. The summed E-state index contributed by atoms with van der Waals surface area (Å²) >= 11 is 3.52. The van der Waals surface area contributed by atoms with Crippen molar-refractivity contribution in [3.05, 3.63) is 22.9 Å².